The normalized spacial score (nSPS) is 14.9. The Morgan fingerprint density at radius 3 is 2.50 bits per heavy atom. The monoisotopic (exact) mass is 357 g/mol. The molecule has 2 heterocycles. The van der Waals surface area contributed by atoms with Gasteiger partial charge >= 0.3 is 0 Å². The van der Waals surface area contributed by atoms with Gasteiger partial charge in [-0.1, -0.05) is 12.1 Å². The lowest BCUT2D eigenvalue weighted by Gasteiger charge is -2.32. The van der Waals surface area contributed by atoms with Crippen molar-refractivity contribution in [2.24, 2.45) is 0 Å². The molecule has 0 bridgehead atoms. The van der Waals surface area contributed by atoms with Crippen LogP contribution in [0, 0.1) is 17.0 Å². The zero-order valence-electron chi connectivity index (χ0n) is 14.3. The number of likely N-dealkylation sites (tertiary alicyclic amines) is 1. The van der Waals surface area contributed by atoms with Crippen LogP contribution in [0.5, 0.6) is 0 Å². The molecule has 1 aliphatic rings. The predicted molar refractivity (Wildman–Crippen MR) is 92.9 cm³/mol. The number of hydrogen-bond donors (Lipinski definition) is 1. The maximum Gasteiger partial charge on any atom is 0.287 e. The molecule has 8 heteroatoms. The van der Waals surface area contributed by atoms with Crippen molar-refractivity contribution in [1.29, 1.82) is 0 Å². The second-order valence-electron chi connectivity index (χ2n) is 6.22. The van der Waals surface area contributed by atoms with Gasteiger partial charge in [-0.25, -0.2) is 0 Å². The molecule has 1 saturated heterocycles. The fourth-order valence-corrected chi connectivity index (χ4v) is 3.02. The van der Waals surface area contributed by atoms with Crippen LogP contribution in [0.2, 0.25) is 0 Å². The number of carbonyl (C=O) groups excluding carboxylic acids is 2. The average molecular weight is 357 g/mol. The first-order valence-electron chi connectivity index (χ1n) is 8.35. The molecule has 0 aliphatic carbocycles. The summed E-state index contributed by atoms with van der Waals surface area (Å²) in [4.78, 5) is 36.9. The topological polar surface area (TPSA) is 106 Å². The standard InChI is InChI=1S/C18H19N3O5/c1-12-6-7-16(26-12)17(22)19-13-8-10-20(11-9-13)18(23)14-4-2-3-5-15(14)21(24)25/h2-7,13H,8-11H2,1H3,(H,19,22). The van der Waals surface area contributed by atoms with E-state index >= 15 is 0 Å². The van der Waals surface area contributed by atoms with Crippen molar-refractivity contribution < 1.29 is 18.9 Å². The molecule has 0 unspecified atom stereocenters. The summed E-state index contributed by atoms with van der Waals surface area (Å²) in [7, 11) is 0. The third kappa shape index (κ3) is 3.74. The number of nitro groups is 1. The van der Waals surface area contributed by atoms with Crippen LogP contribution >= 0.6 is 0 Å². The first kappa shape index (κ1) is 17.7. The van der Waals surface area contributed by atoms with Crippen molar-refractivity contribution in [2.75, 3.05) is 13.1 Å². The molecule has 26 heavy (non-hydrogen) atoms. The minimum Gasteiger partial charge on any atom is -0.456 e. The zero-order valence-corrected chi connectivity index (χ0v) is 14.3. The minimum atomic E-state index is -0.550. The Hall–Kier alpha value is -3.16. The van der Waals surface area contributed by atoms with E-state index in [1.54, 1.807) is 30.0 Å². The number of amides is 2. The van der Waals surface area contributed by atoms with Crippen LogP contribution in [-0.2, 0) is 0 Å². The van der Waals surface area contributed by atoms with Crippen molar-refractivity contribution in [2.45, 2.75) is 25.8 Å². The molecule has 136 valence electrons. The largest absolute Gasteiger partial charge is 0.456 e. The van der Waals surface area contributed by atoms with Gasteiger partial charge in [-0.15, -0.1) is 0 Å². The van der Waals surface area contributed by atoms with Crippen molar-refractivity contribution in [3.05, 3.63) is 63.6 Å². The average Bonchev–Trinajstić information content (AvgIpc) is 3.08. The van der Waals surface area contributed by atoms with E-state index in [9.17, 15) is 19.7 Å². The Morgan fingerprint density at radius 2 is 1.88 bits per heavy atom. The van der Waals surface area contributed by atoms with Gasteiger partial charge in [0.15, 0.2) is 5.76 Å². The van der Waals surface area contributed by atoms with Crippen molar-refractivity contribution in [3.63, 3.8) is 0 Å². The highest BCUT2D eigenvalue weighted by Crippen LogP contribution is 2.22. The summed E-state index contributed by atoms with van der Waals surface area (Å²) in [5.41, 5.74) is -0.104. The Morgan fingerprint density at radius 1 is 1.19 bits per heavy atom. The lowest BCUT2D eigenvalue weighted by Crippen LogP contribution is -2.46. The third-order valence-corrected chi connectivity index (χ3v) is 4.41. The highest BCUT2D eigenvalue weighted by Gasteiger charge is 2.28. The molecule has 2 aromatic rings. The second kappa shape index (κ2) is 7.38. The van der Waals surface area contributed by atoms with E-state index in [0.717, 1.165) is 0 Å². The van der Waals surface area contributed by atoms with Crippen LogP contribution in [0.4, 0.5) is 5.69 Å². The number of carbonyl (C=O) groups is 2. The van der Waals surface area contributed by atoms with Crippen LogP contribution in [0.3, 0.4) is 0 Å². The molecule has 1 aromatic carbocycles. The summed E-state index contributed by atoms with van der Waals surface area (Å²) in [6.45, 7) is 2.61. The lowest BCUT2D eigenvalue weighted by molar-refractivity contribution is -0.385. The maximum atomic E-state index is 12.6. The smallest absolute Gasteiger partial charge is 0.287 e. The summed E-state index contributed by atoms with van der Waals surface area (Å²) < 4.78 is 5.30. The van der Waals surface area contributed by atoms with Gasteiger partial charge in [0.1, 0.15) is 11.3 Å². The molecule has 8 nitrogen and oxygen atoms in total. The summed E-state index contributed by atoms with van der Waals surface area (Å²) in [6, 6.07) is 9.22. The SMILES string of the molecule is Cc1ccc(C(=O)NC2CCN(C(=O)c3ccccc3[N+](=O)[O-])CC2)o1. The highest BCUT2D eigenvalue weighted by atomic mass is 16.6. The van der Waals surface area contributed by atoms with E-state index in [4.69, 9.17) is 4.42 Å². The quantitative estimate of drug-likeness (QED) is 0.668. The van der Waals surface area contributed by atoms with E-state index in [0.29, 0.717) is 31.7 Å². The van der Waals surface area contributed by atoms with Crippen LogP contribution < -0.4 is 5.32 Å². The van der Waals surface area contributed by atoms with Gasteiger partial charge in [0.2, 0.25) is 0 Å². The Bertz CT molecular complexity index is 837. The van der Waals surface area contributed by atoms with Crippen LogP contribution in [0.15, 0.2) is 40.8 Å². The molecule has 1 aromatic heterocycles. The molecular weight excluding hydrogens is 338 g/mol. The maximum absolute atomic E-state index is 12.6. The number of nitrogens with zero attached hydrogens (tertiary/aromatic N) is 2. The van der Waals surface area contributed by atoms with Crippen molar-refractivity contribution in [3.8, 4) is 0 Å². The number of aryl methyl sites for hydroxylation is 1. The van der Waals surface area contributed by atoms with E-state index in [-0.39, 0.29) is 34.9 Å². The van der Waals surface area contributed by atoms with E-state index in [2.05, 4.69) is 5.32 Å². The van der Waals surface area contributed by atoms with Gasteiger partial charge in [0, 0.05) is 25.2 Å². The van der Waals surface area contributed by atoms with Gasteiger partial charge in [0.05, 0.1) is 4.92 Å². The lowest BCUT2D eigenvalue weighted by atomic mass is 10.0. The number of furan rings is 1. The molecule has 1 N–H and O–H groups in total. The van der Waals surface area contributed by atoms with Gasteiger partial charge in [-0.2, -0.15) is 0 Å². The molecular formula is C18H19N3O5. The number of para-hydroxylation sites is 1. The molecule has 0 radical (unpaired) electrons. The number of rotatable bonds is 4. The van der Waals surface area contributed by atoms with Gasteiger partial charge < -0.3 is 14.6 Å². The number of piperidine rings is 1. The van der Waals surface area contributed by atoms with E-state index in [1.807, 2.05) is 0 Å². The summed E-state index contributed by atoms with van der Waals surface area (Å²) in [5, 5.41) is 14.0. The number of benzene rings is 1. The van der Waals surface area contributed by atoms with Crippen molar-refractivity contribution >= 4 is 17.5 Å². The molecule has 3 rings (SSSR count). The van der Waals surface area contributed by atoms with Gasteiger partial charge in [0.25, 0.3) is 17.5 Å². The number of nitrogens with one attached hydrogen (secondary N) is 1. The van der Waals surface area contributed by atoms with Crippen molar-refractivity contribution in [1.82, 2.24) is 10.2 Å². The number of hydrogen-bond acceptors (Lipinski definition) is 5. The van der Waals surface area contributed by atoms with E-state index in [1.165, 1.54) is 18.2 Å². The van der Waals surface area contributed by atoms with Gasteiger partial charge in [-0.05, 0) is 38.0 Å². The highest BCUT2D eigenvalue weighted by molar-refractivity contribution is 5.98. The fourth-order valence-electron chi connectivity index (χ4n) is 3.02. The van der Waals surface area contributed by atoms with E-state index < -0.39 is 4.92 Å². The Labute approximate surface area is 149 Å². The molecule has 0 spiro atoms. The second-order valence-corrected chi connectivity index (χ2v) is 6.22. The zero-order chi connectivity index (χ0) is 18.7. The summed E-state index contributed by atoms with van der Waals surface area (Å²) in [5.74, 6) is 0.297. The van der Waals surface area contributed by atoms with Gasteiger partial charge in [-0.3, -0.25) is 19.7 Å². The van der Waals surface area contributed by atoms with Crippen LogP contribution in [0.25, 0.3) is 0 Å². The Kier molecular flexibility index (Phi) is 5.01. The molecule has 2 amide bonds. The molecule has 1 aliphatic heterocycles. The minimum absolute atomic E-state index is 0.0669. The molecule has 0 atom stereocenters. The van der Waals surface area contributed by atoms with Crippen LogP contribution in [0.1, 0.15) is 39.5 Å². The summed E-state index contributed by atoms with van der Waals surface area (Å²) in [6.07, 6.45) is 1.16. The predicted octanol–water partition coefficient (Wildman–Crippen LogP) is 2.53. The third-order valence-electron chi connectivity index (χ3n) is 4.41. The molecule has 0 saturated carbocycles. The van der Waals surface area contributed by atoms with Crippen LogP contribution in [-0.4, -0.2) is 40.8 Å². The Balaban J connectivity index is 1.59. The first-order chi connectivity index (χ1) is 12.5. The first-order valence-corrected chi connectivity index (χ1v) is 8.35. The molecule has 1 fully saturated rings. The fraction of sp³-hybridized carbons (Fsp3) is 0.333. The summed E-state index contributed by atoms with van der Waals surface area (Å²) >= 11 is 0. The number of nitro benzene ring substituents is 1.